The Hall–Kier alpha value is -1.93. The van der Waals surface area contributed by atoms with Gasteiger partial charge >= 0.3 is 13.2 Å². The van der Waals surface area contributed by atoms with Crippen molar-refractivity contribution >= 4 is 30.4 Å². The number of hydrogen-bond acceptors (Lipinski definition) is 6. The highest BCUT2D eigenvalue weighted by atomic mass is 16.7. The van der Waals surface area contributed by atoms with Crippen molar-refractivity contribution in [3.8, 4) is 0 Å². The van der Waals surface area contributed by atoms with Crippen molar-refractivity contribution in [2.24, 2.45) is 0 Å². The summed E-state index contributed by atoms with van der Waals surface area (Å²) in [6.45, 7) is 13.2. The highest BCUT2D eigenvalue weighted by Crippen LogP contribution is 2.37. The topological polar surface area (TPSA) is 78.0 Å². The van der Waals surface area contributed by atoms with E-state index in [1.54, 1.807) is 27.0 Å². The first-order valence-corrected chi connectivity index (χ1v) is 9.21. The molecule has 1 aromatic rings. The van der Waals surface area contributed by atoms with Crippen LogP contribution in [-0.2, 0) is 25.3 Å². The average molecular weight is 374 g/mol. The molecule has 0 N–H and O–H groups in total. The van der Waals surface area contributed by atoms with E-state index in [4.69, 9.17) is 14.0 Å². The van der Waals surface area contributed by atoms with Crippen LogP contribution in [0.1, 0.15) is 60.5 Å². The molecule has 1 aromatic heterocycles. The monoisotopic (exact) mass is 374 g/mol. The molecule has 0 aromatic carbocycles. The molecule has 0 saturated carbocycles. The zero-order valence-electron chi connectivity index (χ0n) is 17.1. The molecule has 2 amide bonds. The van der Waals surface area contributed by atoms with Gasteiger partial charge in [0.15, 0.2) is 0 Å². The summed E-state index contributed by atoms with van der Waals surface area (Å²) in [6, 6.07) is 1.90. The second-order valence-electron chi connectivity index (χ2n) is 9.05. The van der Waals surface area contributed by atoms with Crippen LogP contribution in [0.2, 0.25) is 0 Å². The van der Waals surface area contributed by atoms with E-state index in [2.05, 4.69) is 4.98 Å². The fraction of sp³-hybridized carbons (Fsp3) is 0.632. The van der Waals surface area contributed by atoms with Crippen LogP contribution in [-0.4, -0.2) is 40.9 Å². The molecule has 0 radical (unpaired) electrons. The standard InChI is InChI=1S/C19H27BN2O5/c1-17(2,3)25-16(24)22-14(23)9-8-12-10-13(11-21-15(12)22)20-26-18(4,5)19(6,7)27-20/h10-11H,8-9H2,1-7H3. The average Bonchev–Trinajstić information content (AvgIpc) is 2.73. The first kappa shape index (κ1) is 19.8. The lowest BCUT2D eigenvalue weighted by atomic mass is 9.79. The molecule has 0 atom stereocenters. The SMILES string of the molecule is CC(C)(C)OC(=O)N1C(=O)CCc2cc(B3OC(C)(C)C(C)(C)O3)cnc21. The molecule has 0 unspecified atom stereocenters. The van der Waals surface area contributed by atoms with Crippen LogP contribution in [0.15, 0.2) is 12.3 Å². The Kier molecular flexibility index (Phi) is 4.63. The van der Waals surface area contributed by atoms with E-state index in [0.29, 0.717) is 12.2 Å². The van der Waals surface area contributed by atoms with Crippen molar-refractivity contribution in [3.05, 3.63) is 17.8 Å². The molecule has 3 heterocycles. The molecule has 7 nitrogen and oxygen atoms in total. The number of anilines is 1. The predicted octanol–water partition coefficient (Wildman–Crippen LogP) is 2.60. The lowest BCUT2D eigenvalue weighted by molar-refractivity contribution is -0.118. The Morgan fingerprint density at radius 1 is 1.19 bits per heavy atom. The number of fused-ring (bicyclic) bond motifs is 1. The van der Waals surface area contributed by atoms with Crippen molar-refractivity contribution in [1.29, 1.82) is 0 Å². The molecule has 0 spiro atoms. The molecule has 2 aliphatic heterocycles. The number of hydrogen-bond donors (Lipinski definition) is 0. The summed E-state index contributed by atoms with van der Waals surface area (Å²) in [6.07, 6.45) is 1.62. The fourth-order valence-electron chi connectivity index (χ4n) is 2.98. The largest absolute Gasteiger partial charge is 0.496 e. The van der Waals surface area contributed by atoms with Gasteiger partial charge in [0.2, 0.25) is 5.91 Å². The lowest BCUT2D eigenvalue weighted by Crippen LogP contribution is -2.45. The minimum Gasteiger partial charge on any atom is -0.443 e. The van der Waals surface area contributed by atoms with Crippen molar-refractivity contribution in [3.63, 3.8) is 0 Å². The highest BCUT2D eigenvalue weighted by molar-refractivity contribution is 6.62. The second-order valence-corrected chi connectivity index (χ2v) is 9.05. The zero-order chi connectivity index (χ0) is 20.2. The van der Waals surface area contributed by atoms with Crippen LogP contribution >= 0.6 is 0 Å². The quantitative estimate of drug-likeness (QED) is 0.704. The Morgan fingerprint density at radius 3 is 2.33 bits per heavy atom. The van der Waals surface area contributed by atoms with E-state index in [-0.39, 0.29) is 12.3 Å². The molecule has 2 aliphatic rings. The number of ether oxygens (including phenoxy) is 1. The van der Waals surface area contributed by atoms with Crippen LogP contribution in [0.3, 0.4) is 0 Å². The molecule has 0 bridgehead atoms. The molecular weight excluding hydrogens is 347 g/mol. The summed E-state index contributed by atoms with van der Waals surface area (Å²) >= 11 is 0. The maximum absolute atomic E-state index is 12.5. The summed E-state index contributed by atoms with van der Waals surface area (Å²) < 4.78 is 17.5. The van der Waals surface area contributed by atoms with Crippen molar-refractivity contribution in [2.75, 3.05) is 4.90 Å². The van der Waals surface area contributed by atoms with Gasteiger partial charge in [-0.3, -0.25) is 4.79 Å². The maximum atomic E-state index is 12.5. The Morgan fingerprint density at radius 2 is 1.78 bits per heavy atom. The summed E-state index contributed by atoms with van der Waals surface area (Å²) in [5.74, 6) is 0.00778. The van der Waals surface area contributed by atoms with Gasteiger partial charge in [-0.2, -0.15) is 4.90 Å². The van der Waals surface area contributed by atoms with Crippen molar-refractivity contribution in [1.82, 2.24) is 4.98 Å². The van der Waals surface area contributed by atoms with Gasteiger partial charge in [0, 0.05) is 18.1 Å². The molecule has 146 valence electrons. The van der Waals surface area contributed by atoms with Gasteiger partial charge in [-0.05, 0) is 60.5 Å². The van der Waals surface area contributed by atoms with Crippen LogP contribution in [0.4, 0.5) is 10.6 Å². The van der Waals surface area contributed by atoms with Crippen LogP contribution < -0.4 is 10.4 Å². The second kappa shape index (κ2) is 6.31. The highest BCUT2D eigenvalue weighted by Gasteiger charge is 2.52. The summed E-state index contributed by atoms with van der Waals surface area (Å²) in [4.78, 5) is 30.2. The molecular formula is C19H27BN2O5. The summed E-state index contributed by atoms with van der Waals surface area (Å²) in [7, 11) is -0.541. The van der Waals surface area contributed by atoms with Gasteiger partial charge < -0.3 is 14.0 Å². The van der Waals surface area contributed by atoms with Gasteiger partial charge in [0.1, 0.15) is 11.4 Å². The number of carbonyl (C=O) groups is 2. The third-order valence-corrected chi connectivity index (χ3v) is 5.13. The van der Waals surface area contributed by atoms with Crippen LogP contribution in [0.25, 0.3) is 0 Å². The van der Waals surface area contributed by atoms with Gasteiger partial charge in [-0.15, -0.1) is 0 Å². The first-order valence-electron chi connectivity index (χ1n) is 9.21. The lowest BCUT2D eigenvalue weighted by Gasteiger charge is -2.32. The summed E-state index contributed by atoms with van der Waals surface area (Å²) in [5.41, 5.74) is -0.0333. The normalized spacial score (nSPS) is 21.2. The zero-order valence-corrected chi connectivity index (χ0v) is 17.1. The van der Waals surface area contributed by atoms with Crippen molar-refractivity contribution < 1.29 is 23.6 Å². The molecule has 27 heavy (non-hydrogen) atoms. The van der Waals surface area contributed by atoms with Gasteiger partial charge in [0.25, 0.3) is 0 Å². The molecule has 1 saturated heterocycles. The number of pyridine rings is 1. The predicted molar refractivity (Wildman–Crippen MR) is 102 cm³/mol. The third-order valence-electron chi connectivity index (χ3n) is 5.13. The number of aromatic nitrogens is 1. The number of carbonyl (C=O) groups excluding carboxylic acids is 2. The van der Waals surface area contributed by atoms with E-state index < -0.39 is 30.0 Å². The number of amides is 2. The Labute approximate surface area is 160 Å². The van der Waals surface area contributed by atoms with Gasteiger partial charge in [0.05, 0.1) is 11.2 Å². The maximum Gasteiger partial charge on any atom is 0.496 e. The molecule has 0 aliphatic carbocycles. The van der Waals surface area contributed by atoms with E-state index in [9.17, 15) is 9.59 Å². The fourth-order valence-corrected chi connectivity index (χ4v) is 2.98. The molecule has 3 rings (SSSR count). The smallest absolute Gasteiger partial charge is 0.443 e. The van der Waals surface area contributed by atoms with Crippen LogP contribution in [0.5, 0.6) is 0 Å². The van der Waals surface area contributed by atoms with E-state index in [0.717, 1.165) is 15.9 Å². The van der Waals surface area contributed by atoms with Gasteiger partial charge in [-0.1, -0.05) is 6.07 Å². The van der Waals surface area contributed by atoms with Gasteiger partial charge in [-0.25, -0.2) is 9.78 Å². The van der Waals surface area contributed by atoms with E-state index in [1.165, 1.54) is 0 Å². The molecule has 1 fully saturated rings. The summed E-state index contributed by atoms with van der Waals surface area (Å²) in [5, 5.41) is 0. The number of imide groups is 1. The number of aryl methyl sites for hydroxylation is 1. The van der Waals surface area contributed by atoms with Crippen LogP contribution in [0, 0.1) is 0 Å². The first-order chi connectivity index (χ1) is 12.3. The van der Waals surface area contributed by atoms with E-state index in [1.807, 2.05) is 33.8 Å². The number of nitrogens with zero attached hydrogens (tertiary/aromatic N) is 2. The third kappa shape index (κ3) is 3.73. The Bertz CT molecular complexity index is 769. The van der Waals surface area contributed by atoms with Crippen molar-refractivity contribution in [2.45, 2.75) is 78.1 Å². The van der Waals surface area contributed by atoms with E-state index >= 15 is 0 Å². The Balaban J connectivity index is 1.90. The molecule has 8 heteroatoms. The minimum atomic E-state index is -0.704. The number of rotatable bonds is 1. The minimum absolute atomic E-state index is 0.223.